The Kier molecular flexibility index (Phi) is 5.62. The Balaban J connectivity index is 1.60. The molecule has 4 aromatic rings. The molecule has 13 heteroatoms. The molecule has 190 valence electrons. The summed E-state index contributed by atoms with van der Waals surface area (Å²) in [7, 11) is -4.81. The number of aromatic nitrogens is 2. The number of fused-ring (bicyclic) bond motifs is 2. The van der Waals surface area contributed by atoms with Gasteiger partial charge in [0.1, 0.15) is 5.82 Å². The molecule has 1 aliphatic heterocycles. The smallest absolute Gasteiger partial charge is 0.274 e. The molecule has 5 rings (SSSR count). The average Bonchev–Trinajstić information content (AvgIpc) is 3.32. The molecule has 0 N–H and O–H groups in total. The first-order valence-corrected chi connectivity index (χ1v) is 12.1. The summed E-state index contributed by atoms with van der Waals surface area (Å²) in [6.45, 7) is -0.348. The normalized spacial score (nSPS) is 14.0. The van der Waals surface area contributed by atoms with Crippen molar-refractivity contribution in [2.24, 2.45) is 0 Å². The van der Waals surface area contributed by atoms with Crippen molar-refractivity contribution < 1.29 is 40.0 Å². The largest absolute Gasteiger partial charge is 0.416 e. The van der Waals surface area contributed by atoms with Gasteiger partial charge in [0.2, 0.25) is 0 Å². The molecule has 2 heterocycles. The van der Waals surface area contributed by atoms with E-state index in [9.17, 15) is 40.0 Å². The van der Waals surface area contributed by atoms with Crippen LogP contribution in [0, 0.1) is 11.6 Å². The van der Waals surface area contributed by atoms with E-state index in [1.165, 1.54) is 12.1 Å². The van der Waals surface area contributed by atoms with Gasteiger partial charge in [0, 0.05) is 25.1 Å². The van der Waals surface area contributed by atoms with Gasteiger partial charge in [0.15, 0.2) is 11.6 Å². The van der Waals surface area contributed by atoms with Gasteiger partial charge in [-0.1, -0.05) is 18.2 Å². The molecule has 1 aromatic heterocycles. The van der Waals surface area contributed by atoms with E-state index in [1.807, 2.05) is 0 Å². The molecule has 0 radical (unpaired) electrons. The number of hydrogen-bond donors (Lipinski definition) is 0. The number of imidazole rings is 1. The molecule has 0 spiro atoms. The van der Waals surface area contributed by atoms with E-state index in [-0.39, 0.29) is 35.4 Å². The molecule has 7 nitrogen and oxygen atoms in total. The lowest BCUT2D eigenvalue weighted by atomic mass is 10.1. The van der Waals surface area contributed by atoms with E-state index >= 15 is 0 Å². The molecule has 0 fully saturated rings. The van der Waals surface area contributed by atoms with Gasteiger partial charge in [0.25, 0.3) is 21.8 Å². The zero-order valence-corrected chi connectivity index (χ0v) is 19.3. The zero-order valence-electron chi connectivity index (χ0n) is 18.5. The van der Waals surface area contributed by atoms with Crippen LogP contribution in [-0.2, 0) is 22.6 Å². The van der Waals surface area contributed by atoms with Gasteiger partial charge in [0.05, 0.1) is 32.6 Å². The maximum absolute atomic E-state index is 14.1. The lowest BCUT2D eigenvalue weighted by Crippen LogP contribution is -2.32. The van der Waals surface area contributed by atoms with Crippen molar-refractivity contribution in [3.8, 4) is 0 Å². The summed E-state index contributed by atoms with van der Waals surface area (Å²) in [5, 5.41) is 0. The Morgan fingerprint density at radius 1 is 0.838 bits per heavy atom. The summed E-state index contributed by atoms with van der Waals surface area (Å²) in [6, 6.07) is 10.2. The first kappa shape index (κ1) is 24.6. The Labute approximate surface area is 205 Å². The standard InChI is InChI=1S/C24H14F5N3O4S/c25-17-11-19-20(12-18(17)26)32(37(35,36)14-5-3-4-13(10-14)24(27,28)29)21(30-19)8-9-31-22(33)15-6-1-2-7-16(15)23(31)34/h1-7,10-12H,8-9H2. The highest BCUT2D eigenvalue weighted by Gasteiger charge is 2.36. The van der Waals surface area contributed by atoms with Crippen LogP contribution in [0.5, 0.6) is 0 Å². The van der Waals surface area contributed by atoms with Crippen LogP contribution in [0.1, 0.15) is 32.1 Å². The molecular weight excluding hydrogens is 521 g/mol. The zero-order chi connectivity index (χ0) is 26.7. The first-order chi connectivity index (χ1) is 17.4. The Hall–Kier alpha value is -4.13. The third-order valence-electron chi connectivity index (χ3n) is 5.86. The predicted molar refractivity (Wildman–Crippen MR) is 119 cm³/mol. The van der Waals surface area contributed by atoms with Crippen LogP contribution in [0.25, 0.3) is 11.0 Å². The molecule has 2 amide bonds. The number of imide groups is 1. The molecule has 0 bridgehead atoms. The van der Waals surface area contributed by atoms with Crippen molar-refractivity contribution in [1.82, 2.24) is 13.9 Å². The minimum atomic E-state index is -4.84. The lowest BCUT2D eigenvalue weighted by molar-refractivity contribution is -0.137. The first-order valence-electron chi connectivity index (χ1n) is 10.6. The van der Waals surface area contributed by atoms with Crippen LogP contribution in [0.15, 0.2) is 65.6 Å². The van der Waals surface area contributed by atoms with Gasteiger partial charge < -0.3 is 0 Å². The molecule has 0 saturated heterocycles. The third kappa shape index (κ3) is 4.04. The molecule has 37 heavy (non-hydrogen) atoms. The fourth-order valence-corrected chi connectivity index (χ4v) is 5.67. The van der Waals surface area contributed by atoms with Crippen molar-refractivity contribution in [1.29, 1.82) is 0 Å². The lowest BCUT2D eigenvalue weighted by Gasteiger charge is -2.15. The quantitative estimate of drug-likeness (QED) is 0.279. The topological polar surface area (TPSA) is 89.3 Å². The van der Waals surface area contributed by atoms with Crippen LogP contribution < -0.4 is 0 Å². The van der Waals surface area contributed by atoms with E-state index in [2.05, 4.69) is 4.98 Å². The van der Waals surface area contributed by atoms with Gasteiger partial charge in [-0.3, -0.25) is 14.5 Å². The SMILES string of the molecule is O=C1c2ccccc2C(=O)N1CCc1nc2cc(F)c(F)cc2n1S(=O)(=O)c1cccc(C(F)(F)F)c1. The van der Waals surface area contributed by atoms with E-state index in [4.69, 9.17) is 0 Å². The Morgan fingerprint density at radius 2 is 1.46 bits per heavy atom. The number of hydrogen-bond acceptors (Lipinski definition) is 5. The monoisotopic (exact) mass is 535 g/mol. The van der Waals surface area contributed by atoms with Gasteiger partial charge in [-0.15, -0.1) is 0 Å². The van der Waals surface area contributed by atoms with Gasteiger partial charge in [-0.05, 0) is 30.3 Å². The fourth-order valence-electron chi connectivity index (χ4n) is 4.12. The summed E-state index contributed by atoms with van der Waals surface area (Å²) in [5.41, 5.74) is -1.63. The van der Waals surface area contributed by atoms with Gasteiger partial charge in [-0.2, -0.15) is 13.2 Å². The van der Waals surface area contributed by atoms with Crippen molar-refractivity contribution >= 4 is 32.9 Å². The second kappa shape index (κ2) is 8.47. The van der Waals surface area contributed by atoms with E-state index in [1.54, 1.807) is 12.1 Å². The molecule has 0 aliphatic carbocycles. The highest BCUT2D eigenvalue weighted by Crippen LogP contribution is 2.32. The number of benzene rings is 3. The number of nitrogens with zero attached hydrogens (tertiary/aromatic N) is 3. The average molecular weight is 535 g/mol. The molecule has 0 saturated carbocycles. The molecule has 1 aliphatic rings. The molecule has 0 atom stereocenters. The predicted octanol–water partition coefficient (Wildman–Crippen LogP) is 4.41. The second-order valence-corrected chi connectivity index (χ2v) is 9.92. The maximum Gasteiger partial charge on any atom is 0.416 e. The number of carbonyl (C=O) groups excluding carboxylic acids is 2. The number of carbonyl (C=O) groups is 2. The highest BCUT2D eigenvalue weighted by atomic mass is 32.2. The third-order valence-corrected chi connectivity index (χ3v) is 7.59. The van der Waals surface area contributed by atoms with Crippen LogP contribution in [-0.4, -0.2) is 40.6 Å². The minimum absolute atomic E-state index is 0.154. The minimum Gasteiger partial charge on any atom is -0.274 e. The molecule has 3 aromatic carbocycles. The number of alkyl halides is 3. The van der Waals surface area contributed by atoms with Crippen LogP contribution in [0.4, 0.5) is 22.0 Å². The number of halogens is 5. The van der Waals surface area contributed by atoms with Crippen LogP contribution in [0.2, 0.25) is 0 Å². The second-order valence-electron chi connectivity index (χ2n) is 8.14. The fraction of sp³-hybridized carbons (Fsp3) is 0.125. The van der Waals surface area contributed by atoms with Crippen LogP contribution in [0.3, 0.4) is 0 Å². The Bertz CT molecular complexity index is 1680. The van der Waals surface area contributed by atoms with Crippen molar-refractivity contribution in [3.63, 3.8) is 0 Å². The molecule has 0 unspecified atom stereocenters. The summed E-state index contributed by atoms with van der Waals surface area (Å²) in [6.07, 6.45) is -5.21. The summed E-state index contributed by atoms with van der Waals surface area (Å²) >= 11 is 0. The highest BCUT2D eigenvalue weighted by molar-refractivity contribution is 7.90. The van der Waals surface area contributed by atoms with Crippen LogP contribution >= 0.6 is 0 Å². The molecular formula is C24H14F5N3O4S. The van der Waals surface area contributed by atoms with E-state index < -0.39 is 55.6 Å². The Morgan fingerprint density at radius 3 is 2.08 bits per heavy atom. The van der Waals surface area contributed by atoms with Gasteiger partial charge >= 0.3 is 6.18 Å². The van der Waals surface area contributed by atoms with Gasteiger partial charge in [-0.25, -0.2) is 26.2 Å². The summed E-state index contributed by atoms with van der Waals surface area (Å²) < 4.78 is 95.2. The number of amides is 2. The summed E-state index contributed by atoms with van der Waals surface area (Å²) in [4.78, 5) is 29.5. The number of rotatable bonds is 5. The van der Waals surface area contributed by atoms with Crippen molar-refractivity contribution in [2.45, 2.75) is 17.5 Å². The maximum atomic E-state index is 14.1. The van der Waals surface area contributed by atoms with Crippen molar-refractivity contribution in [3.05, 3.63) is 94.8 Å². The van der Waals surface area contributed by atoms with E-state index in [0.717, 1.165) is 17.0 Å². The van der Waals surface area contributed by atoms with Crippen molar-refractivity contribution in [2.75, 3.05) is 6.54 Å². The van der Waals surface area contributed by atoms with E-state index in [0.29, 0.717) is 28.2 Å². The summed E-state index contributed by atoms with van der Waals surface area (Å²) in [5.74, 6) is -4.31.